The standard InChI is InChI=1S/C6H14O.C4H10O2/c1-3-5-7-6-4-2;1-4(5-2)6-3/h3-6H2,1-2H3;4H,1-3H3. The summed E-state index contributed by atoms with van der Waals surface area (Å²) < 4.78 is 14.5. The molecule has 0 saturated carbocycles. The van der Waals surface area contributed by atoms with E-state index < -0.39 is 0 Å². The summed E-state index contributed by atoms with van der Waals surface area (Å²) in [6.07, 6.45) is 2.21. The monoisotopic (exact) mass is 192 g/mol. The topological polar surface area (TPSA) is 27.7 Å². The van der Waals surface area contributed by atoms with Gasteiger partial charge in [0.15, 0.2) is 6.29 Å². The lowest BCUT2D eigenvalue weighted by Crippen LogP contribution is -2.05. The minimum absolute atomic E-state index is 0.0648. The van der Waals surface area contributed by atoms with E-state index in [0.29, 0.717) is 0 Å². The fourth-order valence-electron chi connectivity index (χ4n) is 0.487. The van der Waals surface area contributed by atoms with Crippen LogP contribution in [0.4, 0.5) is 0 Å². The van der Waals surface area contributed by atoms with Gasteiger partial charge in [0.05, 0.1) is 0 Å². The van der Waals surface area contributed by atoms with Gasteiger partial charge in [-0.15, -0.1) is 0 Å². The Morgan fingerprint density at radius 2 is 1.31 bits per heavy atom. The van der Waals surface area contributed by atoms with Crippen LogP contribution in [-0.2, 0) is 14.2 Å². The smallest absolute Gasteiger partial charge is 0.154 e. The van der Waals surface area contributed by atoms with Crippen LogP contribution in [0.5, 0.6) is 0 Å². The summed E-state index contributed by atoms with van der Waals surface area (Å²) in [6, 6.07) is 0. The normalized spacial score (nSPS) is 9.69. The molecule has 0 aromatic carbocycles. The van der Waals surface area contributed by atoms with Crippen LogP contribution in [0, 0.1) is 0 Å². The third-order valence-corrected chi connectivity index (χ3v) is 1.36. The van der Waals surface area contributed by atoms with Crippen LogP contribution in [0.25, 0.3) is 0 Å². The highest BCUT2D eigenvalue weighted by molar-refractivity contribution is 4.25. The minimum atomic E-state index is -0.0648. The second kappa shape index (κ2) is 14.4. The maximum absolute atomic E-state index is 5.13. The van der Waals surface area contributed by atoms with E-state index in [2.05, 4.69) is 23.3 Å². The molecule has 0 rings (SSSR count). The predicted octanol–water partition coefficient (Wildman–Crippen LogP) is 2.45. The van der Waals surface area contributed by atoms with E-state index in [4.69, 9.17) is 4.74 Å². The number of hydrogen-bond donors (Lipinski definition) is 0. The Labute approximate surface area is 82.4 Å². The molecule has 0 spiro atoms. The Kier molecular flexibility index (Phi) is 17.0. The van der Waals surface area contributed by atoms with Gasteiger partial charge in [0, 0.05) is 27.4 Å². The van der Waals surface area contributed by atoms with Gasteiger partial charge < -0.3 is 14.2 Å². The van der Waals surface area contributed by atoms with Crippen LogP contribution in [0.2, 0.25) is 0 Å². The number of ether oxygens (including phenoxy) is 3. The Bertz CT molecular complexity index is 68.6. The van der Waals surface area contributed by atoms with E-state index in [1.54, 1.807) is 14.2 Å². The van der Waals surface area contributed by atoms with Crippen molar-refractivity contribution in [2.45, 2.75) is 39.9 Å². The Balaban J connectivity index is 0. The van der Waals surface area contributed by atoms with Gasteiger partial charge >= 0.3 is 0 Å². The summed E-state index contributed by atoms with van der Waals surface area (Å²) in [4.78, 5) is 0. The van der Waals surface area contributed by atoms with Crippen LogP contribution in [0.15, 0.2) is 0 Å². The van der Waals surface area contributed by atoms with Crippen molar-refractivity contribution in [3.8, 4) is 0 Å². The van der Waals surface area contributed by atoms with Gasteiger partial charge in [0.2, 0.25) is 0 Å². The van der Waals surface area contributed by atoms with Crippen molar-refractivity contribution >= 4 is 0 Å². The first kappa shape index (κ1) is 15.4. The fourth-order valence-corrected chi connectivity index (χ4v) is 0.487. The molecule has 0 heterocycles. The minimum Gasteiger partial charge on any atom is -0.381 e. The summed E-state index contributed by atoms with van der Waals surface area (Å²) >= 11 is 0. The van der Waals surface area contributed by atoms with Gasteiger partial charge in [-0.25, -0.2) is 0 Å². The van der Waals surface area contributed by atoms with E-state index in [0.717, 1.165) is 26.1 Å². The highest BCUT2D eigenvalue weighted by Crippen LogP contribution is 1.83. The molecule has 3 heteroatoms. The first-order chi connectivity index (χ1) is 6.22. The molecule has 0 atom stereocenters. The maximum atomic E-state index is 5.13. The third kappa shape index (κ3) is 18.7. The van der Waals surface area contributed by atoms with E-state index in [9.17, 15) is 0 Å². The first-order valence-corrected chi connectivity index (χ1v) is 4.86. The SMILES string of the molecule is CCCOCCC.COC(C)OC. The van der Waals surface area contributed by atoms with Crippen LogP contribution in [0.1, 0.15) is 33.6 Å². The van der Waals surface area contributed by atoms with Crippen molar-refractivity contribution < 1.29 is 14.2 Å². The van der Waals surface area contributed by atoms with Crippen molar-refractivity contribution in [2.24, 2.45) is 0 Å². The van der Waals surface area contributed by atoms with Crippen LogP contribution < -0.4 is 0 Å². The highest BCUT2D eigenvalue weighted by atomic mass is 16.7. The number of methoxy groups -OCH3 is 2. The quantitative estimate of drug-likeness (QED) is 0.478. The molecule has 0 unspecified atom stereocenters. The second-order valence-corrected chi connectivity index (χ2v) is 2.65. The first-order valence-electron chi connectivity index (χ1n) is 4.86. The average Bonchev–Trinajstić information content (AvgIpc) is 2.18. The molecule has 0 bridgehead atoms. The molecule has 0 amide bonds. The summed E-state index contributed by atoms with van der Waals surface area (Å²) in [7, 11) is 3.21. The van der Waals surface area contributed by atoms with Crippen molar-refractivity contribution in [1.82, 2.24) is 0 Å². The van der Waals surface area contributed by atoms with Gasteiger partial charge in [-0.1, -0.05) is 13.8 Å². The molecule has 0 aliphatic carbocycles. The molecule has 0 saturated heterocycles. The van der Waals surface area contributed by atoms with Crippen LogP contribution >= 0.6 is 0 Å². The molecular weight excluding hydrogens is 168 g/mol. The lowest BCUT2D eigenvalue weighted by molar-refractivity contribution is -0.0877. The van der Waals surface area contributed by atoms with Crippen molar-refractivity contribution in [2.75, 3.05) is 27.4 Å². The lowest BCUT2D eigenvalue weighted by atomic mass is 10.5. The van der Waals surface area contributed by atoms with E-state index in [-0.39, 0.29) is 6.29 Å². The largest absolute Gasteiger partial charge is 0.381 e. The number of hydrogen-bond acceptors (Lipinski definition) is 3. The van der Waals surface area contributed by atoms with E-state index in [1.165, 1.54) is 0 Å². The van der Waals surface area contributed by atoms with E-state index >= 15 is 0 Å². The third-order valence-electron chi connectivity index (χ3n) is 1.36. The summed E-state index contributed by atoms with van der Waals surface area (Å²) in [6.45, 7) is 7.92. The zero-order chi connectivity index (χ0) is 10.5. The summed E-state index contributed by atoms with van der Waals surface area (Å²) in [5.74, 6) is 0. The fraction of sp³-hybridized carbons (Fsp3) is 1.00. The van der Waals surface area contributed by atoms with Crippen molar-refractivity contribution in [1.29, 1.82) is 0 Å². The van der Waals surface area contributed by atoms with Gasteiger partial charge in [0.25, 0.3) is 0 Å². The zero-order valence-electron chi connectivity index (χ0n) is 9.63. The van der Waals surface area contributed by atoms with Crippen LogP contribution in [-0.4, -0.2) is 33.7 Å². The molecular formula is C10H24O3. The van der Waals surface area contributed by atoms with Gasteiger partial charge in [-0.3, -0.25) is 0 Å². The average molecular weight is 192 g/mol. The predicted molar refractivity (Wildman–Crippen MR) is 54.9 cm³/mol. The second-order valence-electron chi connectivity index (χ2n) is 2.65. The molecule has 0 N–H and O–H groups in total. The van der Waals surface area contributed by atoms with Gasteiger partial charge in [0.1, 0.15) is 0 Å². The molecule has 13 heavy (non-hydrogen) atoms. The van der Waals surface area contributed by atoms with Gasteiger partial charge in [-0.2, -0.15) is 0 Å². The number of rotatable bonds is 6. The molecule has 0 aromatic heterocycles. The molecule has 0 aromatic rings. The summed E-state index contributed by atoms with van der Waals surface area (Å²) in [5.41, 5.74) is 0. The molecule has 0 aliphatic heterocycles. The summed E-state index contributed by atoms with van der Waals surface area (Å²) in [5, 5.41) is 0. The zero-order valence-corrected chi connectivity index (χ0v) is 9.63. The lowest BCUT2D eigenvalue weighted by Gasteiger charge is -2.03. The molecule has 3 nitrogen and oxygen atoms in total. The molecule has 0 fully saturated rings. The van der Waals surface area contributed by atoms with Crippen LogP contribution in [0.3, 0.4) is 0 Å². The Hall–Kier alpha value is -0.120. The molecule has 0 aliphatic rings. The maximum Gasteiger partial charge on any atom is 0.154 e. The highest BCUT2D eigenvalue weighted by Gasteiger charge is 1.87. The molecule has 82 valence electrons. The molecule has 0 radical (unpaired) electrons. The Morgan fingerprint density at radius 3 is 1.46 bits per heavy atom. The van der Waals surface area contributed by atoms with Gasteiger partial charge in [-0.05, 0) is 19.8 Å². The van der Waals surface area contributed by atoms with E-state index in [1.807, 2.05) is 6.92 Å². The van der Waals surface area contributed by atoms with Crippen molar-refractivity contribution in [3.05, 3.63) is 0 Å². The Morgan fingerprint density at radius 1 is 0.923 bits per heavy atom. The van der Waals surface area contributed by atoms with Crippen molar-refractivity contribution in [3.63, 3.8) is 0 Å².